The second kappa shape index (κ2) is 8.49. The number of hydrogen-bond donors (Lipinski definition) is 0. The molecule has 0 N–H and O–H groups in total. The molecule has 1 aromatic heterocycles. The number of benzene rings is 2. The van der Waals surface area contributed by atoms with Crippen molar-refractivity contribution in [2.75, 3.05) is 0 Å². The van der Waals surface area contributed by atoms with Crippen molar-refractivity contribution in [2.24, 2.45) is 10.2 Å². The summed E-state index contributed by atoms with van der Waals surface area (Å²) in [6.07, 6.45) is 0.598. The molecule has 0 fully saturated rings. The van der Waals surface area contributed by atoms with Crippen LogP contribution in [0.4, 0.5) is 5.13 Å². The van der Waals surface area contributed by atoms with Crippen LogP contribution in [0.3, 0.4) is 0 Å². The van der Waals surface area contributed by atoms with E-state index in [0.717, 1.165) is 16.1 Å². The minimum atomic E-state index is 0.0425. The van der Waals surface area contributed by atoms with Crippen molar-refractivity contribution in [1.82, 2.24) is 10.2 Å². The summed E-state index contributed by atoms with van der Waals surface area (Å²) in [4.78, 5) is 11.5. The van der Waals surface area contributed by atoms with Crippen molar-refractivity contribution in [3.05, 3.63) is 74.2 Å². The lowest BCUT2D eigenvalue weighted by Gasteiger charge is -2.00. The Bertz CT molecular complexity index is 971. The van der Waals surface area contributed by atoms with Crippen molar-refractivity contribution >= 4 is 45.5 Å². The van der Waals surface area contributed by atoms with Gasteiger partial charge in [-0.05, 0) is 36.2 Å². The number of aromatic nitrogens is 2. The van der Waals surface area contributed by atoms with E-state index in [-0.39, 0.29) is 5.78 Å². The molecular formula is C18H14Cl2N4OS. The highest BCUT2D eigenvalue weighted by Gasteiger charge is 2.07. The zero-order chi connectivity index (χ0) is 18.5. The Hall–Kier alpha value is -2.15. The van der Waals surface area contributed by atoms with Gasteiger partial charge in [0, 0.05) is 12.0 Å². The van der Waals surface area contributed by atoms with Crippen LogP contribution in [0.1, 0.15) is 33.4 Å². The number of rotatable bonds is 6. The van der Waals surface area contributed by atoms with Crippen molar-refractivity contribution in [3.8, 4) is 0 Å². The molecule has 132 valence electrons. The van der Waals surface area contributed by atoms with E-state index in [4.69, 9.17) is 23.2 Å². The van der Waals surface area contributed by atoms with E-state index >= 15 is 0 Å². The lowest BCUT2D eigenvalue weighted by atomic mass is 10.1. The second-order valence-corrected chi connectivity index (χ2v) is 7.41. The summed E-state index contributed by atoms with van der Waals surface area (Å²) in [5.41, 5.74) is 2.61. The maximum Gasteiger partial charge on any atom is 0.251 e. The Morgan fingerprint density at radius 3 is 2.69 bits per heavy atom. The van der Waals surface area contributed by atoms with Crippen molar-refractivity contribution in [3.63, 3.8) is 0 Å². The fraction of sp³-hybridized carbons (Fsp3) is 0.167. The zero-order valence-corrected chi connectivity index (χ0v) is 16.1. The fourth-order valence-electron chi connectivity index (χ4n) is 2.25. The highest BCUT2D eigenvalue weighted by Crippen LogP contribution is 2.24. The van der Waals surface area contributed by atoms with E-state index in [1.165, 1.54) is 11.3 Å². The van der Waals surface area contributed by atoms with E-state index in [0.29, 0.717) is 33.7 Å². The number of hydrogen-bond acceptors (Lipinski definition) is 6. The van der Waals surface area contributed by atoms with Crippen LogP contribution in [0.2, 0.25) is 10.0 Å². The molecule has 0 saturated carbocycles. The van der Waals surface area contributed by atoms with Crippen molar-refractivity contribution in [1.29, 1.82) is 0 Å². The Labute approximate surface area is 164 Å². The normalized spacial score (nSPS) is 11.2. The van der Waals surface area contributed by atoms with Gasteiger partial charge in [-0.3, -0.25) is 4.79 Å². The Morgan fingerprint density at radius 2 is 1.92 bits per heavy atom. The first kappa shape index (κ1) is 18.6. The van der Waals surface area contributed by atoms with E-state index in [1.54, 1.807) is 25.1 Å². The topological polar surface area (TPSA) is 67.6 Å². The molecule has 8 heteroatoms. The van der Waals surface area contributed by atoms with Crippen LogP contribution < -0.4 is 0 Å². The summed E-state index contributed by atoms with van der Waals surface area (Å²) >= 11 is 13.2. The predicted octanol–water partition coefficient (Wildman–Crippen LogP) is 5.92. The van der Waals surface area contributed by atoms with Gasteiger partial charge < -0.3 is 0 Å². The maximum atomic E-state index is 11.5. The number of carbonyl (C=O) groups is 1. The third-order valence-electron chi connectivity index (χ3n) is 3.54. The fourth-order valence-corrected chi connectivity index (χ4v) is 3.28. The molecule has 3 rings (SSSR count). The summed E-state index contributed by atoms with van der Waals surface area (Å²) in [6, 6.07) is 12.8. The van der Waals surface area contributed by atoms with Gasteiger partial charge in [-0.2, -0.15) is 5.11 Å². The van der Waals surface area contributed by atoms with Crippen LogP contribution >= 0.6 is 34.5 Å². The Kier molecular flexibility index (Phi) is 6.08. The van der Waals surface area contributed by atoms with Crippen molar-refractivity contribution in [2.45, 2.75) is 19.9 Å². The molecule has 3 aromatic rings. The van der Waals surface area contributed by atoms with Crippen LogP contribution in [0, 0.1) is 0 Å². The predicted molar refractivity (Wildman–Crippen MR) is 104 cm³/mol. The molecule has 0 saturated heterocycles. The minimum absolute atomic E-state index is 0.0425. The summed E-state index contributed by atoms with van der Waals surface area (Å²) in [7, 11) is 0. The quantitative estimate of drug-likeness (QED) is 0.378. The first-order valence-corrected chi connectivity index (χ1v) is 9.32. The third kappa shape index (κ3) is 4.94. The van der Waals surface area contributed by atoms with E-state index in [1.807, 2.05) is 24.3 Å². The number of azo groups is 1. The average Bonchev–Trinajstić information content (AvgIpc) is 3.05. The SMILES string of the molecule is CC(=O)c1cccc(Cc2nnc(N=NCc3ccc(Cl)c(Cl)c3)s2)c1. The first-order valence-electron chi connectivity index (χ1n) is 7.75. The zero-order valence-electron chi connectivity index (χ0n) is 13.8. The molecule has 0 aliphatic carbocycles. The molecule has 0 radical (unpaired) electrons. The van der Waals surface area contributed by atoms with Gasteiger partial charge in [-0.25, -0.2) is 0 Å². The highest BCUT2D eigenvalue weighted by molar-refractivity contribution is 7.14. The van der Waals surface area contributed by atoms with Gasteiger partial charge in [0.05, 0.1) is 16.6 Å². The number of nitrogens with zero attached hydrogens (tertiary/aromatic N) is 4. The second-order valence-electron chi connectivity index (χ2n) is 5.56. The smallest absolute Gasteiger partial charge is 0.251 e. The number of carbonyl (C=O) groups excluding carboxylic acids is 1. The van der Waals surface area contributed by atoms with Gasteiger partial charge in [-0.1, -0.05) is 58.8 Å². The van der Waals surface area contributed by atoms with Gasteiger partial charge >= 0.3 is 0 Å². The molecule has 0 amide bonds. The van der Waals surface area contributed by atoms with Gasteiger partial charge in [0.1, 0.15) is 5.01 Å². The monoisotopic (exact) mass is 404 g/mol. The minimum Gasteiger partial charge on any atom is -0.295 e. The van der Waals surface area contributed by atoms with Gasteiger partial charge in [0.15, 0.2) is 5.78 Å². The van der Waals surface area contributed by atoms with Crippen molar-refractivity contribution < 1.29 is 4.79 Å². The lowest BCUT2D eigenvalue weighted by Crippen LogP contribution is -1.94. The largest absolute Gasteiger partial charge is 0.295 e. The molecule has 5 nitrogen and oxygen atoms in total. The van der Waals surface area contributed by atoms with Crippen LogP contribution in [-0.2, 0) is 13.0 Å². The number of ketones is 1. The average molecular weight is 405 g/mol. The maximum absolute atomic E-state index is 11.5. The van der Waals surface area contributed by atoms with Gasteiger partial charge in [0.2, 0.25) is 0 Å². The third-order valence-corrected chi connectivity index (χ3v) is 5.09. The van der Waals surface area contributed by atoms with Crippen LogP contribution in [0.5, 0.6) is 0 Å². The van der Waals surface area contributed by atoms with Crippen LogP contribution in [0.25, 0.3) is 0 Å². The first-order chi connectivity index (χ1) is 12.5. The Balaban J connectivity index is 1.63. The summed E-state index contributed by atoms with van der Waals surface area (Å²) < 4.78 is 0. The standard InChI is InChI=1S/C18H14Cl2N4OS/c1-11(25)14-4-2-3-12(7-14)9-17-22-24-18(26-17)23-21-10-13-5-6-15(19)16(20)8-13/h2-8H,9-10H2,1H3. The number of halogens is 2. The highest BCUT2D eigenvalue weighted by atomic mass is 35.5. The van der Waals surface area contributed by atoms with Gasteiger partial charge in [-0.15, -0.1) is 15.3 Å². The number of Topliss-reactive ketones (excluding diaryl/α,β-unsaturated/α-hetero) is 1. The summed E-state index contributed by atoms with van der Waals surface area (Å²) in [6.45, 7) is 1.93. The molecule has 1 heterocycles. The summed E-state index contributed by atoms with van der Waals surface area (Å²) in [5.74, 6) is 0.0425. The molecule has 26 heavy (non-hydrogen) atoms. The Morgan fingerprint density at radius 1 is 1.08 bits per heavy atom. The molecule has 0 bridgehead atoms. The van der Waals surface area contributed by atoms with E-state index < -0.39 is 0 Å². The summed E-state index contributed by atoms with van der Waals surface area (Å²) in [5, 5.41) is 18.7. The van der Waals surface area contributed by atoms with Gasteiger partial charge in [0.25, 0.3) is 5.13 Å². The molecule has 0 aliphatic heterocycles. The molecule has 0 aliphatic rings. The van der Waals surface area contributed by atoms with E-state index in [9.17, 15) is 4.79 Å². The molecular weight excluding hydrogens is 391 g/mol. The molecule has 0 spiro atoms. The van der Waals surface area contributed by atoms with E-state index in [2.05, 4.69) is 20.4 Å². The van der Waals surface area contributed by atoms with Crippen LogP contribution in [0.15, 0.2) is 52.7 Å². The van der Waals surface area contributed by atoms with Crippen LogP contribution in [-0.4, -0.2) is 16.0 Å². The molecule has 0 unspecified atom stereocenters. The lowest BCUT2D eigenvalue weighted by molar-refractivity contribution is 0.101. The molecule has 0 atom stereocenters. The molecule has 2 aromatic carbocycles.